The minimum absolute atomic E-state index is 0.0180. The van der Waals surface area contributed by atoms with Crippen LogP contribution < -0.4 is 15.5 Å². The van der Waals surface area contributed by atoms with Crippen LogP contribution in [0.4, 0.5) is 15.8 Å². The van der Waals surface area contributed by atoms with E-state index in [2.05, 4.69) is 10.6 Å². The van der Waals surface area contributed by atoms with Crippen LogP contribution in [-0.2, 0) is 9.59 Å². The van der Waals surface area contributed by atoms with Gasteiger partial charge in [0.15, 0.2) is 0 Å². The Balaban J connectivity index is 1.72. The van der Waals surface area contributed by atoms with E-state index in [1.165, 1.54) is 18.2 Å². The quantitative estimate of drug-likeness (QED) is 0.725. The molecule has 1 aliphatic rings. The van der Waals surface area contributed by atoms with E-state index in [-0.39, 0.29) is 17.4 Å². The fourth-order valence-corrected chi connectivity index (χ4v) is 3.61. The van der Waals surface area contributed by atoms with Gasteiger partial charge in [0.05, 0.1) is 16.3 Å². The van der Waals surface area contributed by atoms with Gasteiger partial charge in [-0.15, -0.1) is 0 Å². The Morgan fingerprint density at radius 3 is 2.50 bits per heavy atom. The van der Waals surface area contributed by atoms with E-state index in [0.717, 1.165) is 6.42 Å². The first-order valence-electron chi connectivity index (χ1n) is 9.74. The Morgan fingerprint density at radius 1 is 1.17 bits per heavy atom. The van der Waals surface area contributed by atoms with Crippen LogP contribution in [0, 0.1) is 11.7 Å². The Kier molecular flexibility index (Phi) is 6.72. The fourth-order valence-electron chi connectivity index (χ4n) is 3.33. The molecule has 1 fully saturated rings. The topological polar surface area (TPSA) is 78.5 Å². The maximum atomic E-state index is 13.9. The third-order valence-corrected chi connectivity index (χ3v) is 5.24. The summed E-state index contributed by atoms with van der Waals surface area (Å²) in [5.41, 5.74) is 0.912. The van der Waals surface area contributed by atoms with Gasteiger partial charge in [0, 0.05) is 18.7 Å². The number of hydrogen-bond acceptors (Lipinski definition) is 3. The first-order chi connectivity index (χ1) is 14.3. The lowest BCUT2D eigenvalue weighted by molar-refractivity contribution is -0.119. The van der Waals surface area contributed by atoms with Gasteiger partial charge in [0.2, 0.25) is 11.8 Å². The van der Waals surface area contributed by atoms with Crippen LogP contribution in [0.1, 0.15) is 37.0 Å². The molecular weight excluding hydrogens is 409 g/mol. The van der Waals surface area contributed by atoms with E-state index in [9.17, 15) is 18.8 Å². The average Bonchev–Trinajstić information content (AvgIpc) is 3.11. The fraction of sp³-hybridized carbons (Fsp3) is 0.318. The second-order valence-electron chi connectivity index (χ2n) is 7.48. The number of hydrogen-bond donors (Lipinski definition) is 2. The molecule has 3 rings (SSSR count). The number of carbonyl (C=O) groups excluding carboxylic acids is 3. The van der Waals surface area contributed by atoms with Crippen molar-refractivity contribution in [1.82, 2.24) is 5.32 Å². The van der Waals surface area contributed by atoms with E-state index < -0.39 is 23.7 Å². The highest BCUT2D eigenvalue weighted by Crippen LogP contribution is 2.31. The summed E-state index contributed by atoms with van der Waals surface area (Å²) in [7, 11) is 0. The lowest BCUT2D eigenvalue weighted by Gasteiger charge is -2.22. The molecule has 1 atom stereocenters. The second-order valence-corrected chi connectivity index (χ2v) is 7.89. The zero-order valence-electron chi connectivity index (χ0n) is 16.7. The molecule has 6 nitrogen and oxygen atoms in total. The molecule has 8 heteroatoms. The summed E-state index contributed by atoms with van der Waals surface area (Å²) in [4.78, 5) is 38.8. The molecule has 158 valence electrons. The number of rotatable bonds is 6. The predicted octanol–water partition coefficient (Wildman–Crippen LogP) is 4.00. The van der Waals surface area contributed by atoms with Crippen LogP contribution >= 0.6 is 11.6 Å². The van der Waals surface area contributed by atoms with Gasteiger partial charge in [-0.1, -0.05) is 37.6 Å². The van der Waals surface area contributed by atoms with Gasteiger partial charge in [0.1, 0.15) is 11.9 Å². The zero-order valence-corrected chi connectivity index (χ0v) is 17.5. The highest BCUT2D eigenvalue weighted by atomic mass is 35.5. The monoisotopic (exact) mass is 431 g/mol. The van der Waals surface area contributed by atoms with E-state index in [1.807, 2.05) is 0 Å². The summed E-state index contributed by atoms with van der Waals surface area (Å²) in [5.74, 6) is -1.99. The molecule has 3 amide bonds. The Hall–Kier alpha value is -2.93. The number of nitrogens with one attached hydrogen (secondary N) is 2. The SMILES string of the molecule is CC(C)[C@H](NC(=O)c1ccccc1F)C(=O)Nc1ccc(N2CCCC2=O)c(Cl)c1. The minimum atomic E-state index is -0.879. The van der Waals surface area contributed by atoms with Crippen molar-refractivity contribution in [3.63, 3.8) is 0 Å². The maximum Gasteiger partial charge on any atom is 0.254 e. The van der Waals surface area contributed by atoms with Gasteiger partial charge in [0.25, 0.3) is 5.91 Å². The smallest absolute Gasteiger partial charge is 0.254 e. The van der Waals surface area contributed by atoms with Crippen molar-refractivity contribution in [3.8, 4) is 0 Å². The van der Waals surface area contributed by atoms with Crippen LogP contribution in [0.2, 0.25) is 5.02 Å². The summed E-state index contributed by atoms with van der Waals surface area (Å²) in [6.45, 7) is 4.17. The van der Waals surface area contributed by atoms with Gasteiger partial charge in [-0.05, 0) is 42.7 Å². The van der Waals surface area contributed by atoms with E-state index >= 15 is 0 Å². The molecule has 0 aliphatic carbocycles. The molecular formula is C22H23ClFN3O3. The van der Waals surface area contributed by atoms with Crippen molar-refractivity contribution in [2.75, 3.05) is 16.8 Å². The molecule has 1 heterocycles. The van der Waals surface area contributed by atoms with Crippen molar-refractivity contribution in [2.24, 2.45) is 5.92 Å². The first-order valence-corrected chi connectivity index (χ1v) is 10.1. The average molecular weight is 432 g/mol. The summed E-state index contributed by atoms with van der Waals surface area (Å²) in [6.07, 6.45) is 1.28. The number of amides is 3. The summed E-state index contributed by atoms with van der Waals surface area (Å²) in [6, 6.07) is 9.61. The number of halogens is 2. The number of nitrogens with zero attached hydrogens (tertiary/aromatic N) is 1. The van der Waals surface area contributed by atoms with E-state index in [0.29, 0.717) is 29.4 Å². The van der Waals surface area contributed by atoms with Crippen LogP contribution in [0.25, 0.3) is 0 Å². The lowest BCUT2D eigenvalue weighted by atomic mass is 10.0. The molecule has 2 aromatic carbocycles. The molecule has 30 heavy (non-hydrogen) atoms. The lowest BCUT2D eigenvalue weighted by Crippen LogP contribution is -2.47. The summed E-state index contributed by atoms with van der Waals surface area (Å²) >= 11 is 6.33. The second kappa shape index (κ2) is 9.26. The standard InChI is InChI=1S/C22H23ClFN3O3/c1-13(2)20(26-21(29)15-6-3-4-7-17(15)24)22(30)25-14-9-10-18(16(23)12-14)27-11-5-8-19(27)28/h3-4,6-7,9-10,12-13,20H,5,8,11H2,1-2H3,(H,25,30)(H,26,29)/t20-/m0/s1. The molecule has 1 saturated heterocycles. The highest BCUT2D eigenvalue weighted by molar-refractivity contribution is 6.34. The Labute approximate surface area is 179 Å². The molecule has 1 aliphatic heterocycles. The number of carbonyl (C=O) groups is 3. The molecule has 0 aromatic heterocycles. The minimum Gasteiger partial charge on any atom is -0.340 e. The summed E-state index contributed by atoms with van der Waals surface area (Å²) < 4.78 is 13.9. The molecule has 0 bridgehead atoms. The van der Waals surface area contributed by atoms with Crippen molar-refractivity contribution in [1.29, 1.82) is 0 Å². The Morgan fingerprint density at radius 2 is 1.90 bits per heavy atom. The maximum absolute atomic E-state index is 13.9. The normalized spacial score (nSPS) is 14.7. The highest BCUT2D eigenvalue weighted by Gasteiger charge is 2.27. The van der Waals surface area contributed by atoms with Crippen LogP contribution in [-0.4, -0.2) is 30.3 Å². The molecule has 2 N–H and O–H groups in total. The molecule has 0 unspecified atom stereocenters. The third kappa shape index (κ3) is 4.79. The van der Waals surface area contributed by atoms with Gasteiger partial charge in [-0.2, -0.15) is 0 Å². The van der Waals surface area contributed by atoms with Crippen molar-refractivity contribution < 1.29 is 18.8 Å². The first kappa shape index (κ1) is 21.8. The molecule has 0 spiro atoms. The van der Waals surface area contributed by atoms with Gasteiger partial charge in [-0.25, -0.2) is 4.39 Å². The van der Waals surface area contributed by atoms with Crippen LogP contribution in [0.15, 0.2) is 42.5 Å². The predicted molar refractivity (Wildman–Crippen MR) is 114 cm³/mol. The van der Waals surface area contributed by atoms with Crippen molar-refractivity contribution >= 4 is 40.7 Å². The Bertz CT molecular complexity index is 980. The van der Waals surface area contributed by atoms with Crippen molar-refractivity contribution in [3.05, 3.63) is 58.9 Å². The van der Waals surface area contributed by atoms with Gasteiger partial charge >= 0.3 is 0 Å². The molecule has 0 radical (unpaired) electrons. The number of anilines is 2. The van der Waals surface area contributed by atoms with Gasteiger partial charge < -0.3 is 15.5 Å². The van der Waals surface area contributed by atoms with Crippen LogP contribution in [0.5, 0.6) is 0 Å². The number of benzene rings is 2. The third-order valence-electron chi connectivity index (χ3n) is 4.93. The van der Waals surface area contributed by atoms with E-state index in [1.54, 1.807) is 43.0 Å². The summed E-state index contributed by atoms with van der Waals surface area (Å²) in [5, 5.41) is 5.67. The van der Waals surface area contributed by atoms with E-state index in [4.69, 9.17) is 11.6 Å². The zero-order chi connectivity index (χ0) is 21.8. The van der Waals surface area contributed by atoms with Crippen LogP contribution in [0.3, 0.4) is 0 Å². The van der Waals surface area contributed by atoms with Gasteiger partial charge in [-0.3, -0.25) is 14.4 Å². The van der Waals surface area contributed by atoms with Crippen molar-refractivity contribution in [2.45, 2.75) is 32.7 Å². The largest absolute Gasteiger partial charge is 0.340 e. The molecule has 2 aromatic rings. The molecule has 0 saturated carbocycles.